The van der Waals surface area contributed by atoms with E-state index in [-0.39, 0.29) is 0 Å². The summed E-state index contributed by atoms with van der Waals surface area (Å²) in [5.41, 5.74) is -0.599. The van der Waals surface area contributed by atoms with E-state index in [2.05, 4.69) is 20.4 Å². The molecule has 0 amide bonds. The van der Waals surface area contributed by atoms with Gasteiger partial charge in [-0.3, -0.25) is 0 Å². The van der Waals surface area contributed by atoms with Crippen LogP contribution in [0.2, 0.25) is 0 Å². The topological polar surface area (TPSA) is 20.2 Å². The summed E-state index contributed by atoms with van der Waals surface area (Å²) < 4.78 is 0. The molecule has 64 valence electrons. The first kappa shape index (κ1) is 8.79. The van der Waals surface area contributed by atoms with Crippen molar-refractivity contribution in [3.63, 3.8) is 0 Å². The van der Waals surface area contributed by atoms with Crippen LogP contribution in [0.3, 0.4) is 0 Å². The van der Waals surface area contributed by atoms with Crippen molar-refractivity contribution in [2.24, 2.45) is 11.8 Å². The zero-order chi connectivity index (χ0) is 8.48. The van der Waals surface area contributed by atoms with Gasteiger partial charge in [-0.15, -0.1) is 6.58 Å². The average molecular weight is 154 g/mol. The fraction of sp³-hybridized carbons (Fsp3) is 0.800. The van der Waals surface area contributed by atoms with Crippen molar-refractivity contribution >= 4 is 0 Å². The molecule has 1 aliphatic carbocycles. The van der Waals surface area contributed by atoms with E-state index >= 15 is 0 Å². The zero-order valence-corrected chi connectivity index (χ0v) is 7.51. The molecule has 11 heavy (non-hydrogen) atoms. The maximum atomic E-state index is 10.1. The van der Waals surface area contributed by atoms with Crippen LogP contribution in [0.1, 0.15) is 33.1 Å². The lowest BCUT2D eigenvalue weighted by Crippen LogP contribution is -2.44. The molecular weight excluding hydrogens is 136 g/mol. The van der Waals surface area contributed by atoms with Gasteiger partial charge in [-0.25, -0.2) is 0 Å². The summed E-state index contributed by atoms with van der Waals surface area (Å²) in [4.78, 5) is 0. The molecule has 1 atom stereocenters. The lowest BCUT2D eigenvalue weighted by Gasteiger charge is -2.42. The van der Waals surface area contributed by atoms with E-state index in [0.717, 1.165) is 0 Å². The first-order valence-electron chi connectivity index (χ1n) is 4.47. The molecule has 0 aromatic heterocycles. The van der Waals surface area contributed by atoms with E-state index in [0.29, 0.717) is 11.8 Å². The van der Waals surface area contributed by atoms with Gasteiger partial charge in [0.2, 0.25) is 0 Å². The van der Waals surface area contributed by atoms with Crippen molar-refractivity contribution in [2.45, 2.75) is 38.7 Å². The van der Waals surface area contributed by atoms with Crippen LogP contribution in [0, 0.1) is 11.8 Å². The summed E-state index contributed by atoms with van der Waals surface area (Å²) in [6, 6.07) is 0. The van der Waals surface area contributed by atoms with E-state index in [1.54, 1.807) is 6.08 Å². The lowest BCUT2D eigenvalue weighted by atomic mass is 9.68. The molecule has 0 heterocycles. The Morgan fingerprint density at radius 2 is 2.09 bits per heavy atom. The van der Waals surface area contributed by atoms with Crippen molar-refractivity contribution in [1.82, 2.24) is 0 Å². The largest absolute Gasteiger partial charge is 0.385 e. The molecule has 1 aliphatic rings. The molecule has 0 saturated heterocycles. The Kier molecular flexibility index (Phi) is 2.38. The molecule has 1 fully saturated rings. The number of aliphatic hydroxyl groups is 1. The van der Waals surface area contributed by atoms with Crippen LogP contribution in [-0.2, 0) is 0 Å². The second-order valence-electron chi connectivity index (χ2n) is 3.87. The smallest absolute Gasteiger partial charge is 0.0875 e. The van der Waals surface area contributed by atoms with E-state index < -0.39 is 5.60 Å². The Hall–Kier alpha value is -0.300. The predicted molar refractivity (Wildman–Crippen MR) is 47.3 cm³/mol. The molecule has 1 heteroatoms. The van der Waals surface area contributed by atoms with Gasteiger partial charge in [-0.2, -0.15) is 0 Å². The zero-order valence-electron chi connectivity index (χ0n) is 7.51. The lowest BCUT2D eigenvalue weighted by molar-refractivity contribution is -0.0445. The second kappa shape index (κ2) is 2.98. The van der Waals surface area contributed by atoms with Crippen LogP contribution < -0.4 is 0 Å². The van der Waals surface area contributed by atoms with Crippen LogP contribution in [0.25, 0.3) is 0 Å². The van der Waals surface area contributed by atoms with Crippen LogP contribution in [0.4, 0.5) is 0 Å². The Balaban J connectivity index is 2.64. The Labute approximate surface area is 69.1 Å². The minimum absolute atomic E-state index is 0.297. The van der Waals surface area contributed by atoms with Crippen LogP contribution >= 0.6 is 0 Å². The van der Waals surface area contributed by atoms with Crippen molar-refractivity contribution < 1.29 is 5.11 Å². The number of rotatable bonds is 3. The van der Waals surface area contributed by atoms with E-state index in [4.69, 9.17) is 0 Å². The number of hydrogen-bond acceptors (Lipinski definition) is 1. The predicted octanol–water partition coefficient (Wildman–Crippen LogP) is 2.36. The van der Waals surface area contributed by atoms with Gasteiger partial charge in [0.25, 0.3) is 0 Å². The summed E-state index contributed by atoms with van der Waals surface area (Å²) in [7, 11) is 0. The highest BCUT2D eigenvalue weighted by molar-refractivity contribution is 5.04. The first-order chi connectivity index (χ1) is 5.11. The van der Waals surface area contributed by atoms with Gasteiger partial charge < -0.3 is 5.11 Å². The van der Waals surface area contributed by atoms with Gasteiger partial charge in [0.15, 0.2) is 0 Å². The third kappa shape index (κ3) is 1.34. The summed E-state index contributed by atoms with van der Waals surface area (Å²) in [6.45, 7) is 7.82. The number of hydrogen-bond donors (Lipinski definition) is 1. The van der Waals surface area contributed by atoms with E-state index in [1.165, 1.54) is 19.3 Å². The normalized spacial score (nSPS) is 24.4. The van der Waals surface area contributed by atoms with Gasteiger partial charge >= 0.3 is 0 Å². The van der Waals surface area contributed by atoms with Crippen molar-refractivity contribution in [2.75, 3.05) is 0 Å². The molecule has 0 bridgehead atoms. The van der Waals surface area contributed by atoms with Crippen molar-refractivity contribution in [3.05, 3.63) is 12.7 Å². The molecule has 1 N–H and O–H groups in total. The fourth-order valence-corrected chi connectivity index (χ4v) is 1.74. The molecular formula is C10H18O. The van der Waals surface area contributed by atoms with E-state index in [1.807, 2.05) is 0 Å². The summed E-state index contributed by atoms with van der Waals surface area (Å²) in [5, 5.41) is 10.1. The Bertz CT molecular complexity index is 147. The van der Waals surface area contributed by atoms with Gasteiger partial charge in [0.05, 0.1) is 5.60 Å². The molecule has 1 nitrogen and oxygen atoms in total. The van der Waals surface area contributed by atoms with Crippen molar-refractivity contribution in [1.29, 1.82) is 0 Å². The third-order valence-electron chi connectivity index (χ3n) is 3.01. The minimum Gasteiger partial charge on any atom is -0.385 e. The highest BCUT2D eigenvalue weighted by Crippen LogP contribution is 2.40. The molecule has 1 unspecified atom stereocenters. The summed E-state index contributed by atoms with van der Waals surface area (Å²) in [5.74, 6) is 0.769. The van der Waals surface area contributed by atoms with Gasteiger partial charge in [0, 0.05) is 0 Å². The molecule has 0 aromatic rings. The summed E-state index contributed by atoms with van der Waals surface area (Å²) >= 11 is 0. The quantitative estimate of drug-likeness (QED) is 0.619. The van der Waals surface area contributed by atoms with Gasteiger partial charge in [-0.05, 0) is 24.7 Å². The van der Waals surface area contributed by atoms with Crippen molar-refractivity contribution in [3.8, 4) is 0 Å². The Morgan fingerprint density at radius 1 is 1.55 bits per heavy atom. The van der Waals surface area contributed by atoms with Gasteiger partial charge in [0.1, 0.15) is 0 Å². The van der Waals surface area contributed by atoms with Crippen LogP contribution in [-0.4, -0.2) is 10.7 Å². The standard InChI is InChI=1S/C10H18O/c1-4-10(11,8(2)3)9-6-5-7-9/h4,8-9,11H,1,5-7H2,2-3H3. The highest BCUT2D eigenvalue weighted by Gasteiger charge is 2.39. The highest BCUT2D eigenvalue weighted by atomic mass is 16.3. The molecule has 1 rings (SSSR count). The Morgan fingerprint density at radius 3 is 2.18 bits per heavy atom. The van der Waals surface area contributed by atoms with Crippen LogP contribution in [0.5, 0.6) is 0 Å². The molecule has 1 saturated carbocycles. The summed E-state index contributed by atoms with van der Waals surface area (Å²) in [6.07, 6.45) is 5.33. The molecule has 0 aromatic carbocycles. The molecule has 0 aliphatic heterocycles. The second-order valence-corrected chi connectivity index (χ2v) is 3.87. The third-order valence-corrected chi connectivity index (χ3v) is 3.01. The maximum absolute atomic E-state index is 10.1. The maximum Gasteiger partial charge on any atom is 0.0875 e. The van der Waals surface area contributed by atoms with Crippen LogP contribution in [0.15, 0.2) is 12.7 Å². The fourth-order valence-electron chi connectivity index (χ4n) is 1.74. The average Bonchev–Trinajstić information content (AvgIpc) is 1.83. The first-order valence-corrected chi connectivity index (χ1v) is 4.47. The van der Waals surface area contributed by atoms with E-state index in [9.17, 15) is 5.11 Å². The minimum atomic E-state index is -0.599. The van der Waals surface area contributed by atoms with Gasteiger partial charge in [-0.1, -0.05) is 26.3 Å². The SMILES string of the molecule is C=CC(O)(C(C)C)C1CCC1. The molecule has 0 spiro atoms. The monoisotopic (exact) mass is 154 g/mol. The molecule has 0 radical (unpaired) electrons.